The third-order valence-electron chi connectivity index (χ3n) is 4.02. The molecule has 1 aliphatic carbocycles. The van der Waals surface area contributed by atoms with Gasteiger partial charge in [-0.25, -0.2) is 0 Å². The standard InChI is InChI=1S/C15H21BrN2O/c1-10-3-5-14(6-4-10)18(2)15(19)11-7-12(16)9-13(17)8-11/h7-10,14H,3-6,17H2,1-2H3. The molecule has 19 heavy (non-hydrogen) atoms. The van der Waals surface area contributed by atoms with Gasteiger partial charge in [0.2, 0.25) is 0 Å². The molecular formula is C15H21BrN2O. The van der Waals surface area contributed by atoms with Gasteiger partial charge in [0, 0.05) is 28.8 Å². The summed E-state index contributed by atoms with van der Waals surface area (Å²) in [6.45, 7) is 2.28. The fraction of sp³-hybridized carbons (Fsp3) is 0.533. The van der Waals surface area contributed by atoms with Crippen molar-refractivity contribution in [3.8, 4) is 0 Å². The van der Waals surface area contributed by atoms with Crippen molar-refractivity contribution in [3.05, 3.63) is 28.2 Å². The minimum Gasteiger partial charge on any atom is -0.399 e. The van der Waals surface area contributed by atoms with Gasteiger partial charge in [-0.1, -0.05) is 22.9 Å². The topological polar surface area (TPSA) is 46.3 Å². The summed E-state index contributed by atoms with van der Waals surface area (Å²) in [5.74, 6) is 0.855. The molecule has 1 fully saturated rings. The van der Waals surface area contributed by atoms with E-state index in [0.717, 1.165) is 23.2 Å². The second kappa shape index (κ2) is 5.95. The minimum absolute atomic E-state index is 0.0625. The Morgan fingerprint density at radius 3 is 2.47 bits per heavy atom. The summed E-state index contributed by atoms with van der Waals surface area (Å²) >= 11 is 3.38. The Kier molecular flexibility index (Phi) is 4.50. The molecule has 1 saturated carbocycles. The van der Waals surface area contributed by atoms with Crippen LogP contribution in [0.3, 0.4) is 0 Å². The monoisotopic (exact) mass is 324 g/mol. The van der Waals surface area contributed by atoms with Crippen LogP contribution in [-0.4, -0.2) is 23.9 Å². The molecule has 1 aliphatic rings. The molecule has 0 saturated heterocycles. The number of nitrogens with zero attached hydrogens (tertiary/aromatic N) is 1. The molecule has 0 heterocycles. The first-order chi connectivity index (χ1) is 8.97. The van der Waals surface area contributed by atoms with Crippen LogP contribution in [0.15, 0.2) is 22.7 Å². The molecule has 3 nitrogen and oxygen atoms in total. The molecule has 0 spiro atoms. The van der Waals surface area contributed by atoms with Crippen molar-refractivity contribution in [1.29, 1.82) is 0 Å². The fourth-order valence-corrected chi connectivity index (χ4v) is 3.25. The lowest BCUT2D eigenvalue weighted by atomic mass is 9.86. The minimum atomic E-state index is 0.0625. The van der Waals surface area contributed by atoms with Crippen molar-refractivity contribution >= 4 is 27.5 Å². The van der Waals surface area contributed by atoms with Crippen LogP contribution in [0.25, 0.3) is 0 Å². The van der Waals surface area contributed by atoms with Gasteiger partial charge in [-0.2, -0.15) is 0 Å². The molecule has 0 aromatic heterocycles. The van der Waals surface area contributed by atoms with E-state index in [1.165, 1.54) is 12.8 Å². The number of nitrogen functional groups attached to an aromatic ring is 1. The van der Waals surface area contributed by atoms with E-state index in [-0.39, 0.29) is 5.91 Å². The number of carbonyl (C=O) groups is 1. The Morgan fingerprint density at radius 2 is 1.89 bits per heavy atom. The zero-order valence-corrected chi connectivity index (χ0v) is 13.1. The van der Waals surface area contributed by atoms with E-state index >= 15 is 0 Å². The summed E-state index contributed by atoms with van der Waals surface area (Å²) in [5.41, 5.74) is 7.07. The molecule has 2 rings (SSSR count). The van der Waals surface area contributed by atoms with Gasteiger partial charge < -0.3 is 10.6 Å². The highest BCUT2D eigenvalue weighted by atomic mass is 79.9. The van der Waals surface area contributed by atoms with E-state index in [0.29, 0.717) is 17.3 Å². The smallest absolute Gasteiger partial charge is 0.253 e. The zero-order valence-electron chi connectivity index (χ0n) is 11.5. The van der Waals surface area contributed by atoms with Gasteiger partial charge in [0.25, 0.3) is 5.91 Å². The van der Waals surface area contributed by atoms with Crippen LogP contribution < -0.4 is 5.73 Å². The number of rotatable bonds is 2. The van der Waals surface area contributed by atoms with Gasteiger partial charge in [-0.15, -0.1) is 0 Å². The molecule has 1 aromatic rings. The van der Waals surface area contributed by atoms with E-state index in [1.54, 1.807) is 12.1 Å². The number of benzene rings is 1. The SMILES string of the molecule is CC1CCC(N(C)C(=O)c2cc(N)cc(Br)c2)CC1. The summed E-state index contributed by atoms with van der Waals surface area (Å²) in [5, 5.41) is 0. The summed E-state index contributed by atoms with van der Waals surface area (Å²) < 4.78 is 0.849. The van der Waals surface area contributed by atoms with E-state index in [2.05, 4.69) is 22.9 Å². The van der Waals surface area contributed by atoms with Gasteiger partial charge in [-0.05, 0) is 49.8 Å². The van der Waals surface area contributed by atoms with E-state index < -0.39 is 0 Å². The maximum atomic E-state index is 12.5. The highest BCUT2D eigenvalue weighted by molar-refractivity contribution is 9.10. The number of anilines is 1. The first kappa shape index (κ1) is 14.4. The molecule has 104 valence electrons. The lowest BCUT2D eigenvalue weighted by Crippen LogP contribution is -2.39. The Labute approximate surface area is 123 Å². The first-order valence-corrected chi connectivity index (χ1v) is 7.60. The van der Waals surface area contributed by atoms with Crippen molar-refractivity contribution in [3.63, 3.8) is 0 Å². The number of hydrogen-bond donors (Lipinski definition) is 1. The van der Waals surface area contributed by atoms with Gasteiger partial charge >= 0.3 is 0 Å². The summed E-state index contributed by atoms with van der Waals surface area (Å²) in [6.07, 6.45) is 4.63. The first-order valence-electron chi connectivity index (χ1n) is 6.80. The Bertz CT molecular complexity index is 447. The average Bonchev–Trinajstić information content (AvgIpc) is 2.37. The highest BCUT2D eigenvalue weighted by Crippen LogP contribution is 2.28. The Balaban J connectivity index is 2.10. The average molecular weight is 325 g/mol. The van der Waals surface area contributed by atoms with E-state index in [1.807, 2.05) is 18.0 Å². The molecule has 0 radical (unpaired) electrons. The summed E-state index contributed by atoms with van der Waals surface area (Å²) in [7, 11) is 1.90. The maximum Gasteiger partial charge on any atom is 0.253 e. The molecule has 1 amide bonds. The number of amides is 1. The molecule has 0 atom stereocenters. The van der Waals surface area contributed by atoms with E-state index in [9.17, 15) is 4.79 Å². The van der Waals surface area contributed by atoms with Crippen molar-refractivity contribution in [2.24, 2.45) is 5.92 Å². The Hall–Kier alpha value is -1.03. The molecule has 1 aromatic carbocycles. The zero-order chi connectivity index (χ0) is 14.0. The van der Waals surface area contributed by atoms with Crippen LogP contribution in [0, 0.1) is 5.92 Å². The van der Waals surface area contributed by atoms with Crippen LogP contribution in [0.4, 0.5) is 5.69 Å². The Morgan fingerprint density at radius 1 is 1.26 bits per heavy atom. The lowest BCUT2D eigenvalue weighted by molar-refractivity contribution is 0.0679. The summed E-state index contributed by atoms with van der Waals surface area (Å²) in [4.78, 5) is 14.4. The van der Waals surface area contributed by atoms with E-state index in [4.69, 9.17) is 5.73 Å². The molecular weight excluding hydrogens is 304 g/mol. The molecule has 2 N–H and O–H groups in total. The van der Waals surface area contributed by atoms with Gasteiger partial charge in [-0.3, -0.25) is 4.79 Å². The van der Waals surface area contributed by atoms with Gasteiger partial charge in [0.1, 0.15) is 0 Å². The number of hydrogen-bond acceptors (Lipinski definition) is 2. The lowest BCUT2D eigenvalue weighted by Gasteiger charge is -2.33. The molecule has 0 aliphatic heterocycles. The van der Waals surface area contributed by atoms with Crippen LogP contribution in [0.5, 0.6) is 0 Å². The third-order valence-corrected chi connectivity index (χ3v) is 4.48. The predicted octanol–water partition coefficient (Wildman–Crippen LogP) is 3.68. The van der Waals surface area contributed by atoms with Gasteiger partial charge in [0.15, 0.2) is 0 Å². The molecule has 0 bridgehead atoms. The highest BCUT2D eigenvalue weighted by Gasteiger charge is 2.25. The predicted molar refractivity (Wildman–Crippen MR) is 82.1 cm³/mol. The largest absolute Gasteiger partial charge is 0.399 e. The second-order valence-electron chi connectivity index (χ2n) is 5.60. The number of carbonyl (C=O) groups excluding carboxylic acids is 1. The summed E-state index contributed by atoms with van der Waals surface area (Å²) in [6, 6.07) is 5.75. The molecule has 0 unspecified atom stereocenters. The van der Waals surface area contributed by atoms with Crippen LogP contribution >= 0.6 is 15.9 Å². The fourth-order valence-electron chi connectivity index (χ4n) is 2.74. The van der Waals surface area contributed by atoms with Crippen molar-refractivity contribution in [2.75, 3.05) is 12.8 Å². The normalized spacial score (nSPS) is 23.1. The number of nitrogens with two attached hydrogens (primary N) is 1. The van der Waals surface area contributed by atoms with Crippen LogP contribution in [-0.2, 0) is 0 Å². The van der Waals surface area contributed by atoms with Crippen LogP contribution in [0.2, 0.25) is 0 Å². The van der Waals surface area contributed by atoms with Crippen LogP contribution in [0.1, 0.15) is 43.0 Å². The molecule has 4 heteroatoms. The second-order valence-corrected chi connectivity index (χ2v) is 6.52. The quantitative estimate of drug-likeness (QED) is 0.843. The van der Waals surface area contributed by atoms with Crippen molar-refractivity contribution < 1.29 is 4.79 Å². The number of halogens is 1. The van der Waals surface area contributed by atoms with Crippen molar-refractivity contribution in [1.82, 2.24) is 4.90 Å². The maximum absolute atomic E-state index is 12.5. The van der Waals surface area contributed by atoms with Crippen molar-refractivity contribution in [2.45, 2.75) is 38.6 Å². The van der Waals surface area contributed by atoms with Gasteiger partial charge in [0.05, 0.1) is 0 Å². The third kappa shape index (κ3) is 3.50.